The van der Waals surface area contributed by atoms with E-state index in [-0.39, 0.29) is 6.29 Å². The first-order valence-electron chi connectivity index (χ1n) is 5.43. The molecule has 0 aliphatic carbocycles. The van der Waals surface area contributed by atoms with Crippen LogP contribution in [-0.2, 0) is 16.1 Å². The van der Waals surface area contributed by atoms with Crippen LogP contribution in [0.1, 0.15) is 24.8 Å². The summed E-state index contributed by atoms with van der Waals surface area (Å²) in [5.74, 6) is 0. The molecule has 4 heteroatoms. The quantitative estimate of drug-likeness (QED) is 0.817. The van der Waals surface area contributed by atoms with E-state index in [1.54, 1.807) is 6.07 Å². The fourth-order valence-electron chi connectivity index (χ4n) is 1.66. The summed E-state index contributed by atoms with van der Waals surface area (Å²) in [7, 11) is 0. The molecule has 0 spiro atoms. The van der Waals surface area contributed by atoms with Gasteiger partial charge in [0.25, 0.3) is 0 Å². The Labute approximate surface area is 105 Å². The molecule has 0 bridgehead atoms. The van der Waals surface area contributed by atoms with Crippen LogP contribution in [0, 0.1) is 0 Å². The van der Waals surface area contributed by atoms with Crippen molar-refractivity contribution in [2.75, 3.05) is 6.61 Å². The molecule has 1 aromatic rings. The van der Waals surface area contributed by atoms with E-state index < -0.39 is 0 Å². The number of benzene rings is 1. The lowest BCUT2D eigenvalue weighted by molar-refractivity contribution is -0.168. The van der Waals surface area contributed by atoms with Gasteiger partial charge in [0.05, 0.1) is 6.61 Å². The molecule has 0 aromatic heterocycles. The molecule has 0 N–H and O–H groups in total. The SMILES string of the molecule is Clc1ccc(COC2CCCCO2)c(Cl)c1. The van der Waals surface area contributed by atoms with Crippen LogP contribution in [0.4, 0.5) is 0 Å². The first-order chi connectivity index (χ1) is 7.75. The molecule has 2 nitrogen and oxygen atoms in total. The predicted octanol–water partition coefficient (Wildman–Crippen LogP) is 4.04. The lowest BCUT2D eigenvalue weighted by Crippen LogP contribution is -2.22. The Bertz CT molecular complexity index is 349. The van der Waals surface area contributed by atoms with Crippen molar-refractivity contribution in [3.63, 3.8) is 0 Å². The van der Waals surface area contributed by atoms with E-state index in [0.29, 0.717) is 16.7 Å². The van der Waals surface area contributed by atoms with Crippen LogP contribution in [0.15, 0.2) is 18.2 Å². The molecule has 1 unspecified atom stereocenters. The number of ether oxygens (including phenoxy) is 2. The van der Waals surface area contributed by atoms with Crippen LogP contribution in [0.3, 0.4) is 0 Å². The van der Waals surface area contributed by atoms with Gasteiger partial charge in [-0.1, -0.05) is 29.3 Å². The van der Waals surface area contributed by atoms with E-state index in [4.69, 9.17) is 32.7 Å². The summed E-state index contributed by atoms with van der Waals surface area (Å²) >= 11 is 11.9. The zero-order valence-corrected chi connectivity index (χ0v) is 10.4. The smallest absolute Gasteiger partial charge is 0.158 e. The molecular formula is C12H14Cl2O2. The summed E-state index contributed by atoms with van der Waals surface area (Å²) in [4.78, 5) is 0. The number of hydrogen-bond acceptors (Lipinski definition) is 2. The van der Waals surface area contributed by atoms with Crippen LogP contribution < -0.4 is 0 Å². The van der Waals surface area contributed by atoms with Gasteiger partial charge in [-0.25, -0.2) is 0 Å². The molecule has 1 heterocycles. The van der Waals surface area contributed by atoms with Crippen molar-refractivity contribution in [2.45, 2.75) is 32.2 Å². The highest BCUT2D eigenvalue weighted by Gasteiger charge is 2.14. The Morgan fingerprint density at radius 2 is 2.19 bits per heavy atom. The van der Waals surface area contributed by atoms with Crippen molar-refractivity contribution < 1.29 is 9.47 Å². The fourth-order valence-corrected chi connectivity index (χ4v) is 2.13. The van der Waals surface area contributed by atoms with E-state index >= 15 is 0 Å². The maximum Gasteiger partial charge on any atom is 0.158 e. The van der Waals surface area contributed by atoms with Crippen LogP contribution >= 0.6 is 23.2 Å². The Morgan fingerprint density at radius 1 is 1.31 bits per heavy atom. The fraction of sp³-hybridized carbons (Fsp3) is 0.500. The first-order valence-corrected chi connectivity index (χ1v) is 6.18. The summed E-state index contributed by atoms with van der Waals surface area (Å²) < 4.78 is 11.1. The van der Waals surface area contributed by atoms with Crippen molar-refractivity contribution >= 4 is 23.2 Å². The van der Waals surface area contributed by atoms with Gasteiger partial charge in [0.1, 0.15) is 0 Å². The molecule has 1 aliphatic rings. The first kappa shape index (κ1) is 12.2. The van der Waals surface area contributed by atoms with Gasteiger partial charge >= 0.3 is 0 Å². The second-order valence-corrected chi connectivity index (χ2v) is 4.69. The van der Waals surface area contributed by atoms with Gasteiger partial charge in [-0.05, 0) is 37.0 Å². The average Bonchev–Trinajstić information content (AvgIpc) is 2.29. The highest BCUT2D eigenvalue weighted by Crippen LogP contribution is 2.23. The summed E-state index contributed by atoms with van der Waals surface area (Å²) in [6.45, 7) is 1.26. The van der Waals surface area contributed by atoms with Crippen molar-refractivity contribution in [3.8, 4) is 0 Å². The van der Waals surface area contributed by atoms with E-state index in [1.807, 2.05) is 12.1 Å². The Balaban J connectivity index is 1.88. The molecule has 16 heavy (non-hydrogen) atoms. The molecule has 1 saturated heterocycles. The Morgan fingerprint density at radius 3 is 2.88 bits per heavy atom. The monoisotopic (exact) mass is 260 g/mol. The topological polar surface area (TPSA) is 18.5 Å². The predicted molar refractivity (Wildman–Crippen MR) is 64.8 cm³/mol. The second-order valence-electron chi connectivity index (χ2n) is 3.84. The lowest BCUT2D eigenvalue weighted by atomic mass is 10.2. The Kier molecular flexibility index (Phi) is 4.47. The van der Waals surface area contributed by atoms with E-state index in [0.717, 1.165) is 25.0 Å². The standard InChI is InChI=1S/C12H14Cl2O2/c13-10-5-4-9(11(14)7-10)8-16-12-3-1-2-6-15-12/h4-5,7,12H,1-3,6,8H2. The highest BCUT2D eigenvalue weighted by atomic mass is 35.5. The summed E-state index contributed by atoms with van der Waals surface area (Å²) in [6.07, 6.45) is 3.17. The van der Waals surface area contributed by atoms with E-state index in [9.17, 15) is 0 Å². The summed E-state index contributed by atoms with van der Waals surface area (Å²) in [5.41, 5.74) is 0.945. The largest absolute Gasteiger partial charge is 0.353 e. The molecular weight excluding hydrogens is 247 g/mol. The minimum absolute atomic E-state index is 0.0829. The van der Waals surface area contributed by atoms with Gasteiger partial charge in [0, 0.05) is 16.7 Å². The molecule has 1 fully saturated rings. The van der Waals surface area contributed by atoms with Crippen molar-refractivity contribution in [2.24, 2.45) is 0 Å². The zero-order chi connectivity index (χ0) is 11.4. The normalized spacial score (nSPS) is 21.0. The molecule has 88 valence electrons. The molecule has 2 rings (SSSR count). The van der Waals surface area contributed by atoms with Crippen molar-refractivity contribution in [1.29, 1.82) is 0 Å². The van der Waals surface area contributed by atoms with Gasteiger partial charge < -0.3 is 9.47 Å². The minimum Gasteiger partial charge on any atom is -0.353 e. The molecule has 0 saturated carbocycles. The molecule has 0 amide bonds. The molecule has 1 aliphatic heterocycles. The van der Waals surface area contributed by atoms with Gasteiger partial charge in [-0.3, -0.25) is 0 Å². The van der Waals surface area contributed by atoms with Crippen molar-refractivity contribution in [3.05, 3.63) is 33.8 Å². The third kappa shape index (κ3) is 3.36. The van der Waals surface area contributed by atoms with Gasteiger partial charge in [-0.15, -0.1) is 0 Å². The lowest BCUT2D eigenvalue weighted by Gasteiger charge is -2.22. The summed E-state index contributed by atoms with van der Waals surface area (Å²) in [5, 5.41) is 1.28. The van der Waals surface area contributed by atoms with E-state index in [2.05, 4.69) is 0 Å². The molecule has 0 radical (unpaired) electrons. The zero-order valence-electron chi connectivity index (χ0n) is 8.92. The maximum absolute atomic E-state index is 6.04. The van der Waals surface area contributed by atoms with Crippen LogP contribution in [0.5, 0.6) is 0 Å². The van der Waals surface area contributed by atoms with Gasteiger partial charge in [0.15, 0.2) is 6.29 Å². The number of rotatable bonds is 3. The molecule has 1 atom stereocenters. The molecule has 1 aromatic carbocycles. The van der Waals surface area contributed by atoms with Gasteiger partial charge in [-0.2, -0.15) is 0 Å². The van der Waals surface area contributed by atoms with Gasteiger partial charge in [0.2, 0.25) is 0 Å². The number of hydrogen-bond donors (Lipinski definition) is 0. The summed E-state index contributed by atoms with van der Waals surface area (Å²) in [6, 6.07) is 5.42. The third-order valence-corrected chi connectivity index (χ3v) is 3.16. The van der Waals surface area contributed by atoms with Crippen LogP contribution in [-0.4, -0.2) is 12.9 Å². The second kappa shape index (κ2) is 5.87. The van der Waals surface area contributed by atoms with E-state index in [1.165, 1.54) is 6.42 Å². The highest BCUT2D eigenvalue weighted by molar-refractivity contribution is 6.35. The minimum atomic E-state index is -0.0829. The number of halogens is 2. The Hall–Kier alpha value is -0.280. The van der Waals surface area contributed by atoms with Crippen LogP contribution in [0.2, 0.25) is 10.0 Å². The van der Waals surface area contributed by atoms with Crippen molar-refractivity contribution in [1.82, 2.24) is 0 Å². The maximum atomic E-state index is 6.04. The van der Waals surface area contributed by atoms with Crippen LogP contribution in [0.25, 0.3) is 0 Å². The average molecular weight is 261 g/mol. The third-order valence-electron chi connectivity index (χ3n) is 2.58.